The van der Waals surface area contributed by atoms with Crippen molar-refractivity contribution in [2.45, 2.75) is 13.1 Å². The van der Waals surface area contributed by atoms with Crippen LogP contribution < -0.4 is 5.32 Å². The SMILES string of the molecule is O=C(Cn1nccc1C(=O)O)Nc1ncn(Cc2cccc(Cl)c2)n1. The fraction of sp³-hybridized carbons (Fsp3) is 0.133. The summed E-state index contributed by atoms with van der Waals surface area (Å²) in [5.74, 6) is -1.52. The van der Waals surface area contributed by atoms with Crippen molar-refractivity contribution >= 4 is 29.4 Å². The van der Waals surface area contributed by atoms with Crippen molar-refractivity contribution in [1.82, 2.24) is 24.5 Å². The Morgan fingerprint density at radius 2 is 2.12 bits per heavy atom. The smallest absolute Gasteiger partial charge is 0.354 e. The number of aromatic carboxylic acids is 1. The first-order chi connectivity index (χ1) is 12.0. The Balaban J connectivity index is 1.62. The summed E-state index contributed by atoms with van der Waals surface area (Å²) in [5, 5.41) is 20.1. The Morgan fingerprint density at radius 1 is 1.28 bits per heavy atom. The largest absolute Gasteiger partial charge is 0.477 e. The predicted octanol–water partition coefficient (Wildman–Crippen LogP) is 1.51. The van der Waals surface area contributed by atoms with E-state index in [1.54, 1.807) is 10.7 Å². The average Bonchev–Trinajstić information content (AvgIpc) is 3.17. The molecular weight excluding hydrogens is 348 g/mol. The number of hydrogen-bond acceptors (Lipinski definition) is 5. The summed E-state index contributed by atoms with van der Waals surface area (Å²) in [6, 6.07) is 8.64. The highest BCUT2D eigenvalue weighted by atomic mass is 35.5. The van der Waals surface area contributed by atoms with Gasteiger partial charge in [0, 0.05) is 11.2 Å². The summed E-state index contributed by atoms with van der Waals surface area (Å²) in [6.07, 6.45) is 2.79. The normalized spacial score (nSPS) is 10.6. The first-order valence-electron chi connectivity index (χ1n) is 7.20. The van der Waals surface area contributed by atoms with E-state index in [1.165, 1.54) is 18.6 Å². The molecule has 0 aliphatic carbocycles. The summed E-state index contributed by atoms with van der Waals surface area (Å²) in [5.41, 5.74) is 0.868. The van der Waals surface area contributed by atoms with Crippen LogP contribution >= 0.6 is 11.6 Å². The Kier molecular flexibility index (Phi) is 4.75. The summed E-state index contributed by atoms with van der Waals surface area (Å²) in [7, 11) is 0. The van der Waals surface area contributed by atoms with Crippen molar-refractivity contribution in [2.75, 3.05) is 5.32 Å². The molecule has 0 atom stereocenters. The number of nitrogens with zero attached hydrogens (tertiary/aromatic N) is 5. The first-order valence-corrected chi connectivity index (χ1v) is 7.58. The van der Waals surface area contributed by atoms with Crippen LogP contribution in [0.3, 0.4) is 0 Å². The van der Waals surface area contributed by atoms with Crippen LogP contribution in [0.2, 0.25) is 5.02 Å². The third-order valence-corrected chi connectivity index (χ3v) is 3.49. The number of aromatic nitrogens is 5. The van der Waals surface area contributed by atoms with Crippen molar-refractivity contribution in [3.63, 3.8) is 0 Å². The molecule has 0 radical (unpaired) electrons. The third-order valence-electron chi connectivity index (χ3n) is 3.25. The Hall–Kier alpha value is -3.20. The van der Waals surface area contributed by atoms with E-state index in [0.717, 1.165) is 10.2 Å². The van der Waals surface area contributed by atoms with Gasteiger partial charge in [-0.1, -0.05) is 23.7 Å². The van der Waals surface area contributed by atoms with Crippen LogP contribution in [0, 0.1) is 0 Å². The molecule has 2 aromatic heterocycles. The van der Waals surface area contributed by atoms with Crippen LogP contribution in [0.15, 0.2) is 42.9 Å². The lowest BCUT2D eigenvalue weighted by Gasteiger charge is -2.04. The number of amides is 1. The van der Waals surface area contributed by atoms with E-state index >= 15 is 0 Å². The molecule has 3 rings (SSSR count). The monoisotopic (exact) mass is 360 g/mol. The molecule has 3 aromatic rings. The van der Waals surface area contributed by atoms with Crippen LogP contribution in [0.1, 0.15) is 16.1 Å². The zero-order valence-corrected chi connectivity index (χ0v) is 13.6. The highest BCUT2D eigenvalue weighted by molar-refractivity contribution is 6.30. The van der Waals surface area contributed by atoms with Gasteiger partial charge in [0.2, 0.25) is 11.9 Å². The Labute approximate surface area is 146 Å². The van der Waals surface area contributed by atoms with Crippen molar-refractivity contribution in [3.8, 4) is 0 Å². The lowest BCUT2D eigenvalue weighted by molar-refractivity contribution is -0.117. The predicted molar refractivity (Wildman–Crippen MR) is 88.4 cm³/mol. The molecule has 0 aliphatic heterocycles. The van der Waals surface area contributed by atoms with E-state index in [2.05, 4.69) is 20.5 Å². The number of benzene rings is 1. The molecule has 1 amide bonds. The average molecular weight is 361 g/mol. The summed E-state index contributed by atoms with van der Waals surface area (Å²) in [4.78, 5) is 27.0. The molecular formula is C15H13ClN6O3. The van der Waals surface area contributed by atoms with E-state index in [1.807, 2.05) is 18.2 Å². The highest BCUT2D eigenvalue weighted by Gasteiger charge is 2.14. The molecule has 0 aliphatic rings. The fourth-order valence-corrected chi connectivity index (χ4v) is 2.40. The van der Waals surface area contributed by atoms with Gasteiger partial charge in [-0.2, -0.15) is 5.10 Å². The van der Waals surface area contributed by atoms with Crippen LogP contribution in [0.25, 0.3) is 0 Å². The number of hydrogen-bond donors (Lipinski definition) is 2. The number of carboxylic acids is 1. The van der Waals surface area contributed by atoms with E-state index < -0.39 is 11.9 Å². The molecule has 0 saturated heterocycles. The minimum atomic E-state index is -1.16. The summed E-state index contributed by atoms with van der Waals surface area (Å²) in [6.45, 7) is 0.198. The van der Waals surface area contributed by atoms with Gasteiger partial charge in [-0.05, 0) is 23.8 Å². The van der Waals surface area contributed by atoms with E-state index in [4.69, 9.17) is 16.7 Å². The molecule has 0 unspecified atom stereocenters. The van der Waals surface area contributed by atoms with Gasteiger partial charge in [0.05, 0.1) is 6.54 Å². The van der Waals surface area contributed by atoms with Gasteiger partial charge in [0.1, 0.15) is 18.6 Å². The first kappa shape index (κ1) is 16.7. The molecule has 1 aromatic carbocycles. The molecule has 128 valence electrons. The number of halogens is 1. The third kappa shape index (κ3) is 4.21. The van der Waals surface area contributed by atoms with Crippen LogP contribution in [-0.2, 0) is 17.9 Å². The van der Waals surface area contributed by atoms with Crippen molar-refractivity contribution in [3.05, 3.63) is 59.1 Å². The molecule has 2 N–H and O–H groups in total. The highest BCUT2D eigenvalue weighted by Crippen LogP contribution is 2.12. The second-order valence-electron chi connectivity index (χ2n) is 5.12. The Bertz CT molecular complexity index is 919. The van der Waals surface area contributed by atoms with E-state index in [9.17, 15) is 9.59 Å². The number of carbonyl (C=O) groups is 2. The lowest BCUT2D eigenvalue weighted by atomic mass is 10.2. The van der Waals surface area contributed by atoms with Crippen LogP contribution in [-0.4, -0.2) is 41.5 Å². The summed E-state index contributed by atoms with van der Waals surface area (Å²) < 4.78 is 2.64. The fourth-order valence-electron chi connectivity index (χ4n) is 2.19. The van der Waals surface area contributed by atoms with Crippen molar-refractivity contribution in [1.29, 1.82) is 0 Å². The number of carboxylic acid groups (broad SMARTS) is 1. The number of carbonyl (C=O) groups excluding carboxylic acids is 1. The summed E-state index contributed by atoms with van der Waals surface area (Å²) >= 11 is 5.94. The maximum Gasteiger partial charge on any atom is 0.354 e. The van der Waals surface area contributed by atoms with Crippen molar-refractivity contribution < 1.29 is 14.7 Å². The zero-order chi connectivity index (χ0) is 17.8. The Morgan fingerprint density at radius 3 is 2.88 bits per heavy atom. The van der Waals surface area contributed by atoms with Gasteiger partial charge in [-0.3, -0.25) is 10.1 Å². The minimum Gasteiger partial charge on any atom is -0.477 e. The molecule has 2 heterocycles. The van der Waals surface area contributed by atoms with Crippen molar-refractivity contribution in [2.24, 2.45) is 0 Å². The number of rotatable bonds is 6. The molecule has 25 heavy (non-hydrogen) atoms. The number of anilines is 1. The quantitative estimate of drug-likeness (QED) is 0.688. The van der Waals surface area contributed by atoms with Gasteiger partial charge in [-0.25, -0.2) is 19.1 Å². The maximum atomic E-state index is 12.0. The maximum absolute atomic E-state index is 12.0. The van der Waals surface area contributed by atoms with E-state index in [-0.39, 0.29) is 18.2 Å². The standard InChI is InChI=1S/C15H13ClN6O3/c16-11-3-1-2-10(6-11)7-21-9-17-15(20-21)19-13(23)8-22-12(14(24)25)4-5-18-22/h1-6,9H,7-8H2,(H,24,25)(H,19,20,23). The van der Waals surface area contributed by atoms with E-state index in [0.29, 0.717) is 11.6 Å². The molecule has 0 bridgehead atoms. The van der Waals surface area contributed by atoms with Crippen LogP contribution in [0.4, 0.5) is 5.95 Å². The minimum absolute atomic E-state index is 0.0744. The van der Waals surface area contributed by atoms with Gasteiger partial charge >= 0.3 is 5.97 Å². The second kappa shape index (κ2) is 7.14. The molecule has 0 saturated carbocycles. The number of nitrogens with one attached hydrogen (secondary N) is 1. The lowest BCUT2D eigenvalue weighted by Crippen LogP contribution is -2.22. The molecule has 10 heteroatoms. The molecule has 0 fully saturated rings. The molecule has 0 spiro atoms. The topological polar surface area (TPSA) is 115 Å². The van der Waals surface area contributed by atoms with Gasteiger partial charge in [-0.15, -0.1) is 5.10 Å². The van der Waals surface area contributed by atoms with Gasteiger partial charge in [0.25, 0.3) is 0 Å². The zero-order valence-electron chi connectivity index (χ0n) is 12.8. The molecule has 9 nitrogen and oxygen atoms in total. The van der Waals surface area contributed by atoms with Gasteiger partial charge < -0.3 is 5.11 Å². The second-order valence-corrected chi connectivity index (χ2v) is 5.56. The van der Waals surface area contributed by atoms with Crippen LogP contribution in [0.5, 0.6) is 0 Å². The van der Waals surface area contributed by atoms with Gasteiger partial charge in [0.15, 0.2) is 0 Å².